The fraction of sp³-hybridized carbons (Fsp3) is 0.830. The van der Waals surface area contributed by atoms with Gasteiger partial charge in [0.2, 0.25) is 11.8 Å². The molecule has 0 saturated carbocycles. The maximum Gasteiger partial charge on any atom is 0.306 e. The van der Waals surface area contributed by atoms with E-state index in [9.17, 15) is 48.3 Å². The number of ether oxygens (including phenoxy) is 4. The van der Waals surface area contributed by atoms with Gasteiger partial charge in [0.1, 0.15) is 36.3 Å². The van der Waals surface area contributed by atoms with Gasteiger partial charge in [0.05, 0.1) is 45.4 Å². The summed E-state index contributed by atoms with van der Waals surface area (Å²) >= 11 is 0. The van der Waals surface area contributed by atoms with Gasteiger partial charge in [-0.3, -0.25) is 43.2 Å². The van der Waals surface area contributed by atoms with Crippen LogP contribution in [0.3, 0.4) is 0 Å². The molecule has 0 aromatic carbocycles. The molecule has 0 aromatic heterocycles. The van der Waals surface area contributed by atoms with Crippen molar-refractivity contribution in [2.24, 2.45) is 23.2 Å². The molecular formula is C53H96N2O16. The van der Waals surface area contributed by atoms with E-state index in [0.717, 1.165) is 44.9 Å². The van der Waals surface area contributed by atoms with Crippen LogP contribution in [0, 0.1) is 23.2 Å². The number of rotatable bonds is 51. The van der Waals surface area contributed by atoms with Crippen molar-refractivity contribution in [1.82, 2.24) is 10.6 Å². The topological polar surface area (TPSA) is 275 Å². The monoisotopic (exact) mass is 1020 g/mol. The van der Waals surface area contributed by atoms with Gasteiger partial charge in [-0.15, -0.1) is 0 Å². The zero-order chi connectivity index (χ0) is 53.1. The van der Waals surface area contributed by atoms with Gasteiger partial charge in [0, 0.05) is 78.3 Å². The number of carbonyl (C=O) groups is 9. The average molecular weight is 1020 g/mol. The Morgan fingerprint density at radius 3 is 1.44 bits per heavy atom. The smallest absolute Gasteiger partial charge is 0.306 e. The van der Waals surface area contributed by atoms with Gasteiger partial charge < -0.3 is 44.9 Å². The second kappa shape index (κ2) is 43.5. The summed E-state index contributed by atoms with van der Waals surface area (Å²) in [5.41, 5.74) is -0.628. The number of Topliss-reactive ketones (excluding diaryl/α,β-unsaturated/α-hetero) is 4. The highest BCUT2D eigenvalue weighted by molar-refractivity contribution is 5.93. The van der Waals surface area contributed by atoms with Gasteiger partial charge in [-0.25, -0.2) is 0 Å². The van der Waals surface area contributed by atoms with E-state index in [4.69, 9.17) is 29.2 Å². The van der Waals surface area contributed by atoms with E-state index in [1.807, 2.05) is 0 Å². The standard InChI is InChI=1S/C53H92N2O16.2H2/c1-41(51(65)53(2,3)4)45(46(58)28-29-50(63)64)24-19-20-30-54-47(59)39-71-37-35-69-33-31-55-48(60)40-70-36-34-68-32-21-23-43(56)27-26-42(52(66)67)38-44(57)22-17-15-13-11-9-7-5-6-8-10-12-14-16-18-25-49(61)62;;/h41-42,45H,5-40H2,1-4H3,(H,54,59)(H,55,60)(H,61,62)(H,63,64)(H,66,67);2*1H/t41?,42-,45-;;/m1../s1. The third-order valence-corrected chi connectivity index (χ3v) is 12.2. The van der Waals surface area contributed by atoms with E-state index in [1.54, 1.807) is 27.7 Å². The Labute approximate surface area is 426 Å². The van der Waals surface area contributed by atoms with Crippen LogP contribution in [0.15, 0.2) is 0 Å². The first-order chi connectivity index (χ1) is 33.8. The Hall–Kier alpha value is -4.13. The molecule has 0 fully saturated rings. The van der Waals surface area contributed by atoms with E-state index in [1.165, 1.54) is 44.9 Å². The Bertz CT molecular complexity index is 1540. The second-order valence-electron chi connectivity index (χ2n) is 19.7. The number of nitrogens with one attached hydrogen (secondary N) is 2. The number of hydrogen-bond donors (Lipinski definition) is 5. The lowest BCUT2D eigenvalue weighted by Crippen LogP contribution is -2.35. The Morgan fingerprint density at radius 2 is 0.930 bits per heavy atom. The van der Waals surface area contributed by atoms with Crippen LogP contribution in [0.25, 0.3) is 0 Å². The van der Waals surface area contributed by atoms with Crippen LogP contribution in [0.5, 0.6) is 0 Å². The van der Waals surface area contributed by atoms with Crippen LogP contribution < -0.4 is 10.6 Å². The summed E-state index contributed by atoms with van der Waals surface area (Å²) in [4.78, 5) is 108. The Kier molecular flexibility index (Phi) is 40.9. The highest BCUT2D eigenvalue weighted by Gasteiger charge is 2.35. The van der Waals surface area contributed by atoms with Gasteiger partial charge in [-0.2, -0.15) is 0 Å². The van der Waals surface area contributed by atoms with Crippen LogP contribution >= 0.6 is 0 Å². The predicted octanol–water partition coefficient (Wildman–Crippen LogP) is 8.36. The summed E-state index contributed by atoms with van der Waals surface area (Å²) in [6, 6.07) is 0. The van der Waals surface area contributed by atoms with Crippen molar-refractivity contribution in [1.29, 1.82) is 0 Å². The molecule has 5 N–H and O–H groups in total. The third-order valence-electron chi connectivity index (χ3n) is 12.2. The largest absolute Gasteiger partial charge is 0.481 e. The summed E-state index contributed by atoms with van der Waals surface area (Å²) < 4.78 is 21.6. The summed E-state index contributed by atoms with van der Waals surface area (Å²) in [5, 5.41) is 32.7. The van der Waals surface area contributed by atoms with E-state index in [0.29, 0.717) is 45.3 Å². The maximum atomic E-state index is 12.8. The molecule has 0 bridgehead atoms. The first-order valence-electron chi connectivity index (χ1n) is 26.5. The SMILES string of the molecule is CC(C(=O)C(C)(C)C)[C@@H](CCCCNC(=O)COCCOCCNC(=O)COCCOCCCC(=O)CC[C@H](CC(=O)CCCCCCCCCCCCCCCCC(=O)O)C(=O)O)C(=O)CCC(=O)O.[HH].[HH]. The minimum atomic E-state index is -1.06. The molecule has 2 amide bonds. The van der Waals surface area contributed by atoms with Crippen molar-refractivity contribution in [2.45, 2.75) is 195 Å². The number of amides is 2. The van der Waals surface area contributed by atoms with Crippen molar-refractivity contribution >= 4 is 52.9 Å². The molecule has 0 aliphatic rings. The lowest BCUT2D eigenvalue weighted by molar-refractivity contribution is -0.144. The minimum absolute atomic E-state index is 0. The second-order valence-corrected chi connectivity index (χ2v) is 19.7. The lowest BCUT2D eigenvalue weighted by atomic mass is 9.74. The molecule has 0 aliphatic heterocycles. The van der Waals surface area contributed by atoms with Crippen molar-refractivity contribution in [2.75, 3.05) is 65.9 Å². The normalized spacial score (nSPS) is 12.7. The molecule has 0 aliphatic carbocycles. The third kappa shape index (κ3) is 41.1. The summed E-state index contributed by atoms with van der Waals surface area (Å²) in [5.74, 6) is -5.89. The number of ketones is 4. The van der Waals surface area contributed by atoms with Gasteiger partial charge in [-0.1, -0.05) is 111 Å². The first-order valence-corrected chi connectivity index (χ1v) is 26.5. The number of unbranched alkanes of at least 4 members (excludes halogenated alkanes) is 14. The highest BCUT2D eigenvalue weighted by Crippen LogP contribution is 2.29. The van der Waals surface area contributed by atoms with Crippen molar-refractivity contribution < 1.29 is 80.3 Å². The minimum Gasteiger partial charge on any atom is -0.481 e. The molecule has 71 heavy (non-hydrogen) atoms. The summed E-state index contributed by atoms with van der Waals surface area (Å²) in [7, 11) is 0. The Balaban J connectivity index is -0.0000245. The molecule has 0 aromatic rings. The quantitative estimate of drug-likeness (QED) is 0.0358. The molecule has 414 valence electrons. The number of carboxylic acids is 3. The Morgan fingerprint density at radius 1 is 0.465 bits per heavy atom. The first kappa shape index (κ1) is 66.9. The molecule has 0 saturated heterocycles. The molecule has 3 atom stereocenters. The summed E-state index contributed by atoms with van der Waals surface area (Å²) in [6.45, 7) is 8.68. The van der Waals surface area contributed by atoms with Crippen LogP contribution in [0.2, 0.25) is 0 Å². The zero-order valence-corrected chi connectivity index (χ0v) is 43.8. The van der Waals surface area contributed by atoms with E-state index in [-0.39, 0.29) is 136 Å². The molecule has 0 heterocycles. The number of aliphatic carboxylic acids is 3. The fourth-order valence-electron chi connectivity index (χ4n) is 8.06. The highest BCUT2D eigenvalue weighted by atomic mass is 16.5. The van der Waals surface area contributed by atoms with E-state index >= 15 is 0 Å². The average Bonchev–Trinajstić information content (AvgIpc) is 3.31. The molecule has 18 nitrogen and oxygen atoms in total. The van der Waals surface area contributed by atoms with E-state index in [2.05, 4.69) is 10.6 Å². The molecule has 1 unspecified atom stereocenters. The maximum absolute atomic E-state index is 12.8. The predicted molar refractivity (Wildman–Crippen MR) is 272 cm³/mol. The van der Waals surface area contributed by atoms with Gasteiger partial charge >= 0.3 is 17.9 Å². The number of carboxylic acid groups (broad SMARTS) is 3. The van der Waals surface area contributed by atoms with Gasteiger partial charge in [0.15, 0.2) is 0 Å². The zero-order valence-electron chi connectivity index (χ0n) is 43.8. The number of carbonyl (C=O) groups excluding carboxylic acids is 6. The molecule has 0 rings (SSSR count). The molecular weight excluding hydrogens is 921 g/mol. The van der Waals surface area contributed by atoms with E-state index < -0.39 is 41.1 Å². The molecule has 18 heteroatoms. The van der Waals surface area contributed by atoms with Crippen LogP contribution in [-0.4, -0.2) is 134 Å². The summed E-state index contributed by atoms with van der Waals surface area (Å²) in [6.07, 6.45) is 17.9. The fourth-order valence-corrected chi connectivity index (χ4v) is 8.06. The van der Waals surface area contributed by atoms with Gasteiger partial charge in [-0.05, 0) is 38.5 Å². The molecule has 0 radical (unpaired) electrons. The van der Waals surface area contributed by atoms with Crippen LogP contribution in [-0.2, 0) is 62.1 Å². The lowest BCUT2D eigenvalue weighted by Gasteiger charge is -2.28. The number of hydrogen-bond acceptors (Lipinski definition) is 13. The molecule has 0 spiro atoms. The van der Waals surface area contributed by atoms with Crippen molar-refractivity contribution in [3.05, 3.63) is 0 Å². The van der Waals surface area contributed by atoms with Crippen LogP contribution in [0.1, 0.15) is 197 Å². The van der Waals surface area contributed by atoms with Crippen molar-refractivity contribution in [3.63, 3.8) is 0 Å². The van der Waals surface area contributed by atoms with Crippen LogP contribution in [0.4, 0.5) is 0 Å². The van der Waals surface area contributed by atoms with Gasteiger partial charge in [0.25, 0.3) is 0 Å². The van der Waals surface area contributed by atoms with Crippen molar-refractivity contribution in [3.8, 4) is 0 Å².